The number of hydrogen-bond donors (Lipinski definition) is 1. The quantitative estimate of drug-likeness (QED) is 0.610. The van der Waals surface area contributed by atoms with Gasteiger partial charge >= 0.3 is 0 Å². The number of aromatic nitrogens is 3. The van der Waals surface area contributed by atoms with Crippen molar-refractivity contribution in [3.8, 4) is 0 Å². The number of imide groups is 1. The minimum absolute atomic E-state index is 0.0768. The number of hydrogen-bond acceptors (Lipinski definition) is 6. The van der Waals surface area contributed by atoms with Gasteiger partial charge in [-0.25, -0.2) is 18.1 Å². The predicted molar refractivity (Wildman–Crippen MR) is 102 cm³/mol. The van der Waals surface area contributed by atoms with E-state index in [-0.39, 0.29) is 22.6 Å². The molecule has 4 rings (SSSR count). The van der Waals surface area contributed by atoms with Gasteiger partial charge in [0, 0.05) is 7.05 Å². The predicted octanol–water partition coefficient (Wildman–Crippen LogP) is 1.22. The Hall–Kier alpha value is -3.37. The van der Waals surface area contributed by atoms with Crippen molar-refractivity contribution in [3.63, 3.8) is 0 Å². The van der Waals surface area contributed by atoms with E-state index in [0.29, 0.717) is 0 Å². The van der Waals surface area contributed by atoms with Crippen LogP contribution in [-0.4, -0.2) is 46.9 Å². The van der Waals surface area contributed by atoms with E-state index >= 15 is 0 Å². The van der Waals surface area contributed by atoms with Gasteiger partial charge in [-0.05, 0) is 23.8 Å². The zero-order chi connectivity index (χ0) is 20.6. The first-order valence-electron chi connectivity index (χ1n) is 8.73. The monoisotopic (exact) mass is 411 g/mol. The second-order valence-corrected chi connectivity index (χ2v) is 8.29. The van der Waals surface area contributed by atoms with Crippen molar-refractivity contribution in [3.05, 3.63) is 77.9 Å². The van der Waals surface area contributed by atoms with Gasteiger partial charge in [0.25, 0.3) is 11.8 Å². The number of nitrogens with zero attached hydrogens (tertiary/aromatic N) is 4. The third-order valence-electron chi connectivity index (χ3n) is 4.71. The summed E-state index contributed by atoms with van der Waals surface area (Å²) in [5.74, 6) is -0.973. The van der Waals surface area contributed by atoms with Crippen LogP contribution in [0.2, 0.25) is 0 Å². The first kappa shape index (κ1) is 19.0. The highest BCUT2D eigenvalue weighted by Crippen LogP contribution is 2.26. The fourth-order valence-corrected chi connectivity index (χ4v) is 4.41. The van der Waals surface area contributed by atoms with E-state index in [1.165, 1.54) is 42.6 Å². The van der Waals surface area contributed by atoms with Gasteiger partial charge in [-0.2, -0.15) is 5.10 Å². The van der Waals surface area contributed by atoms with Gasteiger partial charge in [0.2, 0.25) is 10.0 Å². The second kappa shape index (κ2) is 7.22. The lowest BCUT2D eigenvalue weighted by atomic mass is 10.1. The minimum atomic E-state index is -3.98. The number of rotatable bonds is 6. The highest BCUT2D eigenvalue weighted by molar-refractivity contribution is 7.89. The summed E-state index contributed by atoms with van der Waals surface area (Å²) in [4.78, 5) is 29.0. The molecule has 1 aromatic heterocycles. The minimum Gasteiger partial charge on any atom is -0.277 e. The zero-order valence-electron chi connectivity index (χ0n) is 15.4. The van der Waals surface area contributed by atoms with Crippen molar-refractivity contribution in [1.29, 1.82) is 0 Å². The molecule has 0 saturated carbocycles. The Morgan fingerprint density at radius 3 is 2.45 bits per heavy atom. The molecule has 29 heavy (non-hydrogen) atoms. The molecule has 0 saturated heterocycles. The smallest absolute Gasteiger partial charge is 0.261 e. The van der Waals surface area contributed by atoms with Crippen molar-refractivity contribution in [1.82, 2.24) is 24.4 Å². The molecule has 0 bridgehead atoms. The van der Waals surface area contributed by atoms with E-state index in [4.69, 9.17) is 0 Å². The van der Waals surface area contributed by atoms with Crippen LogP contribution in [0.4, 0.5) is 0 Å². The average Bonchev–Trinajstić information content (AvgIpc) is 3.31. The Kier molecular flexibility index (Phi) is 4.73. The van der Waals surface area contributed by atoms with Gasteiger partial charge in [-0.15, -0.1) is 0 Å². The SMILES string of the molecule is CN1C(=O)c2ccc(S(=O)(=O)NC(Cn3cncn3)c3ccccc3)cc2C1=O. The van der Waals surface area contributed by atoms with Crippen LogP contribution in [0.15, 0.2) is 66.1 Å². The van der Waals surface area contributed by atoms with Gasteiger partial charge in [0.15, 0.2) is 0 Å². The molecule has 2 amide bonds. The third kappa shape index (κ3) is 3.55. The largest absolute Gasteiger partial charge is 0.277 e. The van der Waals surface area contributed by atoms with E-state index < -0.39 is 27.9 Å². The molecular formula is C19H17N5O4S. The first-order chi connectivity index (χ1) is 13.9. The summed E-state index contributed by atoms with van der Waals surface area (Å²) in [5.41, 5.74) is 1.02. The molecule has 3 aromatic rings. The topological polar surface area (TPSA) is 114 Å². The maximum Gasteiger partial charge on any atom is 0.261 e. The van der Waals surface area contributed by atoms with Crippen LogP contribution in [-0.2, 0) is 16.6 Å². The van der Waals surface area contributed by atoms with Gasteiger partial charge in [0.1, 0.15) is 12.7 Å². The molecular weight excluding hydrogens is 394 g/mol. The van der Waals surface area contributed by atoms with Gasteiger partial charge in [-0.1, -0.05) is 30.3 Å². The van der Waals surface area contributed by atoms with Gasteiger partial charge in [-0.3, -0.25) is 19.2 Å². The maximum atomic E-state index is 13.0. The summed E-state index contributed by atoms with van der Waals surface area (Å²) >= 11 is 0. The van der Waals surface area contributed by atoms with Crippen LogP contribution < -0.4 is 4.72 Å². The average molecular weight is 411 g/mol. The van der Waals surface area contributed by atoms with Crippen LogP contribution in [0.5, 0.6) is 0 Å². The molecule has 2 aromatic carbocycles. The molecule has 1 atom stereocenters. The molecule has 1 aliphatic heterocycles. The fraction of sp³-hybridized carbons (Fsp3) is 0.158. The fourth-order valence-electron chi connectivity index (χ4n) is 3.17. The molecule has 10 heteroatoms. The first-order valence-corrected chi connectivity index (χ1v) is 10.2. The molecule has 0 aliphatic carbocycles. The number of sulfonamides is 1. The van der Waals surface area contributed by atoms with E-state index in [1.807, 2.05) is 30.3 Å². The van der Waals surface area contributed by atoms with E-state index in [1.54, 1.807) is 0 Å². The maximum absolute atomic E-state index is 13.0. The Bertz CT molecular complexity index is 1180. The van der Waals surface area contributed by atoms with E-state index in [9.17, 15) is 18.0 Å². The van der Waals surface area contributed by atoms with Crippen LogP contribution in [0.3, 0.4) is 0 Å². The number of amides is 2. The Balaban J connectivity index is 1.67. The Morgan fingerprint density at radius 2 is 1.76 bits per heavy atom. The summed E-state index contributed by atoms with van der Waals surface area (Å²) in [7, 11) is -2.62. The summed E-state index contributed by atoms with van der Waals surface area (Å²) in [5, 5.41) is 4.04. The van der Waals surface area contributed by atoms with Crippen molar-refractivity contribution in [2.24, 2.45) is 0 Å². The lowest BCUT2D eigenvalue weighted by molar-refractivity contribution is 0.0693. The van der Waals surface area contributed by atoms with Gasteiger partial charge < -0.3 is 0 Å². The van der Waals surface area contributed by atoms with Crippen LogP contribution in [0.25, 0.3) is 0 Å². The highest BCUT2D eigenvalue weighted by atomic mass is 32.2. The Morgan fingerprint density at radius 1 is 1.03 bits per heavy atom. The van der Waals surface area contributed by atoms with E-state index in [2.05, 4.69) is 14.8 Å². The molecule has 148 valence electrons. The molecule has 9 nitrogen and oxygen atoms in total. The van der Waals surface area contributed by atoms with Crippen molar-refractivity contribution in [2.45, 2.75) is 17.5 Å². The summed E-state index contributed by atoms with van der Waals surface area (Å²) in [6, 6.07) is 12.4. The lowest BCUT2D eigenvalue weighted by Gasteiger charge is -2.19. The standard InChI is InChI=1S/C19H17N5O4S/c1-23-18(25)15-8-7-14(9-16(15)19(23)26)29(27,28)22-17(10-24-12-20-11-21-24)13-5-3-2-4-6-13/h2-9,11-12,17,22H,10H2,1H3. The molecule has 1 aliphatic rings. The van der Waals surface area contributed by atoms with E-state index in [0.717, 1.165) is 10.5 Å². The summed E-state index contributed by atoms with van der Waals surface area (Å²) in [6.07, 6.45) is 2.87. The number of nitrogens with one attached hydrogen (secondary N) is 1. The van der Waals surface area contributed by atoms with Crippen molar-refractivity contribution < 1.29 is 18.0 Å². The number of benzene rings is 2. The molecule has 0 spiro atoms. The zero-order valence-corrected chi connectivity index (χ0v) is 16.2. The highest BCUT2D eigenvalue weighted by Gasteiger charge is 2.34. The third-order valence-corrected chi connectivity index (χ3v) is 6.18. The van der Waals surface area contributed by atoms with Gasteiger partial charge in [0.05, 0.1) is 28.6 Å². The van der Waals surface area contributed by atoms with Crippen molar-refractivity contribution in [2.75, 3.05) is 7.05 Å². The molecule has 2 heterocycles. The Labute approximate surface area is 167 Å². The molecule has 1 unspecified atom stereocenters. The van der Waals surface area contributed by atoms with Crippen LogP contribution >= 0.6 is 0 Å². The normalized spacial score (nSPS) is 14.9. The molecule has 0 radical (unpaired) electrons. The number of fused-ring (bicyclic) bond motifs is 1. The van der Waals surface area contributed by atoms with Crippen LogP contribution in [0.1, 0.15) is 32.3 Å². The second-order valence-electron chi connectivity index (χ2n) is 6.58. The number of carbonyl (C=O) groups excluding carboxylic acids is 2. The van der Waals surface area contributed by atoms with Crippen LogP contribution in [0, 0.1) is 0 Å². The number of carbonyl (C=O) groups is 2. The summed E-state index contributed by atoms with van der Waals surface area (Å²) < 4.78 is 30.3. The van der Waals surface area contributed by atoms with Crippen molar-refractivity contribution >= 4 is 21.8 Å². The molecule has 0 fully saturated rings. The summed E-state index contributed by atoms with van der Waals surface area (Å²) in [6.45, 7) is 0.230. The lowest BCUT2D eigenvalue weighted by Crippen LogP contribution is -2.31. The molecule has 1 N–H and O–H groups in total.